The summed E-state index contributed by atoms with van der Waals surface area (Å²) >= 11 is 7.37. The predicted octanol–water partition coefficient (Wildman–Crippen LogP) is 5.15. The molecule has 0 saturated heterocycles. The lowest BCUT2D eigenvalue weighted by Crippen LogP contribution is -2.11. The molecule has 33 heavy (non-hydrogen) atoms. The Morgan fingerprint density at radius 2 is 2.00 bits per heavy atom. The normalized spacial score (nSPS) is 11.1. The second kappa shape index (κ2) is 8.68. The number of H-pyrrole nitrogens is 1. The molecule has 2 N–H and O–H groups in total. The summed E-state index contributed by atoms with van der Waals surface area (Å²) in [5, 5.41) is 16.0. The number of ether oxygens (including phenoxy) is 1. The molecule has 0 fully saturated rings. The van der Waals surface area contributed by atoms with E-state index >= 15 is 0 Å². The lowest BCUT2D eigenvalue weighted by atomic mass is 10.2. The standard InChI is InChI=1S/C23H19ClN6O2S/c1-13-17-11-19(33-22(17)30(29-13)12-14-7-9-15(24)10-8-14)21(31)26-23-25-20(27-28-23)16-5-3-4-6-18(16)32-2/h3-11H,12H2,1-2H3,(H2,25,26,27,28,31). The molecule has 166 valence electrons. The van der Waals surface area contributed by atoms with Gasteiger partial charge in [-0.05, 0) is 42.8 Å². The Labute approximate surface area is 198 Å². The van der Waals surface area contributed by atoms with Crippen LogP contribution in [0.2, 0.25) is 5.02 Å². The first kappa shape index (κ1) is 21.2. The molecule has 0 saturated carbocycles. The topological polar surface area (TPSA) is 97.7 Å². The number of thiophene rings is 1. The number of methoxy groups -OCH3 is 1. The minimum atomic E-state index is -0.279. The van der Waals surface area contributed by atoms with Crippen molar-refractivity contribution in [1.29, 1.82) is 0 Å². The summed E-state index contributed by atoms with van der Waals surface area (Å²) in [5.74, 6) is 1.09. The van der Waals surface area contributed by atoms with Gasteiger partial charge in [0, 0.05) is 10.4 Å². The molecule has 0 aliphatic rings. The van der Waals surface area contributed by atoms with Crippen molar-refractivity contribution in [3.05, 3.63) is 75.8 Å². The lowest BCUT2D eigenvalue weighted by Gasteiger charge is -2.04. The maximum atomic E-state index is 12.9. The quantitative estimate of drug-likeness (QED) is 0.351. The second-order valence-electron chi connectivity index (χ2n) is 7.36. The fourth-order valence-electron chi connectivity index (χ4n) is 3.54. The van der Waals surface area contributed by atoms with Crippen LogP contribution in [0, 0.1) is 6.92 Å². The first-order valence-electron chi connectivity index (χ1n) is 10.1. The number of anilines is 1. The van der Waals surface area contributed by atoms with E-state index in [2.05, 4.69) is 25.6 Å². The van der Waals surface area contributed by atoms with Crippen molar-refractivity contribution >= 4 is 45.0 Å². The third-order valence-electron chi connectivity index (χ3n) is 5.15. The van der Waals surface area contributed by atoms with Gasteiger partial charge in [0.15, 0.2) is 5.82 Å². The number of nitrogens with one attached hydrogen (secondary N) is 2. The van der Waals surface area contributed by atoms with Crippen LogP contribution in [0.4, 0.5) is 5.95 Å². The number of carbonyl (C=O) groups is 1. The van der Waals surface area contributed by atoms with Crippen molar-refractivity contribution in [2.45, 2.75) is 13.5 Å². The van der Waals surface area contributed by atoms with Crippen molar-refractivity contribution in [3.8, 4) is 17.1 Å². The number of hydrogen-bond donors (Lipinski definition) is 2. The van der Waals surface area contributed by atoms with Gasteiger partial charge in [-0.1, -0.05) is 35.9 Å². The molecule has 0 radical (unpaired) electrons. The average molecular weight is 479 g/mol. The van der Waals surface area contributed by atoms with Gasteiger partial charge < -0.3 is 4.74 Å². The van der Waals surface area contributed by atoms with Gasteiger partial charge >= 0.3 is 0 Å². The molecule has 1 amide bonds. The van der Waals surface area contributed by atoms with E-state index in [1.54, 1.807) is 7.11 Å². The van der Waals surface area contributed by atoms with Gasteiger partial charge in [-0.2, -0.15) is 10.1 Å². The van der Waals surface area contributed by atoms with Crippen molar-refractivity contribution in [1.82, 2.24) is 25.0 Å². The molecule has 0 aliphatic carbocycles. The Hall–Kier alpha value is -3.69. The van der Waals surface area contributed by atoms with Crippen molar-refractivity contribution in [2.24, 2.45) is 0 Å². The number of aromatic amines is 1. The summed E-state index contributed by atoms with van der Waals surface area (Å²) in [7, 11) is 1.59. The van der Waals surface area contributed by atoms with Crippen LogP contribution in [0.25, 0.3) is 21.6 Å². The largest absolute Gasteiger partial charge is 0.496 e. The van der Waals surface area contributed by atoms with Crippen LogP contribution < -0.4 is 10.1 Å². The van der Waals surface area contributed by atoms with Gasteiger partial charge in [-0.25, -0.2) is 0 Å². The number of carbonyl (C=O) groups excluding carboxylic acids is 1. The third-order valence-corrected chi connectivity index (χ3v) is 6.55. The fraction of sp³-hybridized carbons (Fsp3) is 0.130. The highest BCUT2D eigenvalue weighted by molar-refractivity contribution is 7.20. The number of rotatable bonds is 6. The zero-order chi connectivity index (χ0) is 22.9. The highest BCUT2D eigenvalue weighted by Crippen LogP contribution is 2.30. The predicted molar refractivity (Wildman–Crippen MR) is 129 cm³/mol. The first-order chi connectivity index (χ1) is 16.0. The van der Waals surface area contributed by atoms with E-state index in [1.165, 1.54) is 11.3 Å². The minimum absolute atomic E-state index is 0.192. The van der Waals surface area contributed by atoms with Crippen LogP contribution >= 0.6 is 22.9 Å². The molecule has 5 rings (SSSR count). The SMILES string of the molecule is COc1ccccc1-c1nc(NC(=O)c2cc3c(C)nn(Cc4ccc(Cl)cc4)c3s2)n[nH]1. The average Bonchev–Trinajstić information content (AvgIpc) is 3.53. The van der Waals surface area contributed by atoms with Crippen LogP contribution in [-0.4, -0.2) is 38.0 Å². The molecule has 0 aliphatic heterocycles. The molecule has 5 aromatic rings. The van der Waals surface area contributed by atoms with Crippen molar-refractivity contribution in [2.75, 3.05) is 12.4 Å². The smallest absolute Gasteiger partial charge is 0.268 e. The maximum Gasteiger partial charge on any atom is 0.268 e. The molecular weight excluding hydrogens is 460 g/mol. The number of aryl methyl sites for hydroxylation is 1. The number of hydrogen-bond acceptors (Lipinski definition) is 6. The highest BCUT2D eigenvalue weighted by Gasteiger charge is 2.18. The van der Waals surface area contributed by atoms with Crippen molar-refractivity contribution in [3.63, 3.8) is 0 Å². The number of halogens is 1. The van der Waals surface area contributed by atoms with Gasteiger partial charge in [0.25, 0.3) is 5.91 Å². The summed E-state index contributed by atoms with van der Waals surface area (Å²) in [6, 6.07) is 17.0. The Balaban J connectivity index is 1.37. The lowest BCUT2D eigenvalue weighted by molar-refractivity contribution is 0.103. The van der Waals surface area contributed by atoms with Crippen LogP contribution in [0.15, 0.2) is 54.6 Å². The monoisotopic (exact) mass is 478 g/mol. The van der Waals surface area contributed by atoms with Gasteiger partial charge in [0.05, 0.1) is 29.8 Å². The van der Waals surface area contributed by atoms with E-state index in [9.17, 15) is 4.79 Å². The Bertz CT molecular complexity index is 1450. The summed E-state index contributed by atoms with van der Waals surface area (Å²) < 4.78 is 7.27. The molecule has 0 atom stereocenters. The summed E-state index contributed by atoms with van der Waals surface area (Å²) in [4.78, 5) is 18.8. The summed E-state index contributed by atoms with van der Waals surface area (Å²) in [6.45, 7) is 2.52. The summed E-state index contributed by atoms with van der Waals surface area (Å²) in [5.41, 5.74) is 2.70. The van der Waals surface area contributed by atoms with Gasteiger partial charge in [0.1, 0.15) is 10.6 Å². The number of amides is 1. The molecule has 3 heterocycles. The molecule has 0 spiro atoms. The number of benzene rings is 2. The fourth-order valence-corrected chi connectivity index (χ4v) is 4.72. The zero-order valence-electron chi connectivity index (χ0n) is 17.8. The van der Waals surface area contributed by atoms with Crippen LogP contribution in [0.3, 0.4) is 0 Å². The molecule has 10 heteroatoms. The van der Waals surface area contributed by atoms with E-state index in [-0.39, 0.29) is 11.9 Å². The highest BCUT2D eigenvalue weighted by atomic mass is 35.5. The van der Waals surface area contributed by atoms with Gasteiger partial charge in [-0.3, -0.25) is 19.9 Å². The molecule has 8 nitrogen and oxygen atoms in total. The van der Waals surface area contributed by atoms with Gasteiger partial charge in [0.2, 0.25) is 5.95 Å². The van der Waals surface area contributed by atoms with Crippen LogP contribution in [-0.2, 0) is 6.54 Å². The first-order valence-corrected chi connectivity index (χ1v) is 11.3. The van der Waals surface area contributed by atoms with E-state index < -0.39 is 0 Å². The number of nitrogens with zero attached hydrogens (tertiary/aromatic N) is 4. The number of aromatic nitrogens is 5. The Morgan fingerprint density at radius 1 is 1.21 bits per heavy atom. The molecular formula is C23H19ClN6O2S. The van der Waals surface area contributed by atoms with Crippen LogP contribution in [0.5, 0.6) is 5.75 Å². The van der Waals surface area contributed by atoms with E-state index in [1.807, 2.05) is 66.2 Å². The zero-order valence-corrected chi connectivity index (χ0v) is 19.4. The Kier molecular flexibility index (Phi) is 5.57. The summed E-state index contributed by atoms with van der Waals surface area (Å²) in [6.07, 6.45) is 0. The van der Waals surface area contributed by atoms with Gasteiger partial charge in [-0.15, -0.1) is 16.4 Å². The molecule has 0 unspecified atom stereocenters. The minimum Gasteiger partial charge on any atom is -0.496 e. The van der Waals surface area contributed by atoms with Crippen molar-refractivity contribution < 1.29 is 9.53 Å². The maximum absolute atomic E-state index is 12.9. The number of para-hydroxylation sites is 1. The van der Waals surface area contributed by atoms with E-state index in [0.717, 1.165) is 27.0 Å². The molecule has 0 bridgehead atoms. The molecule has 3 aromatic heterocycles. The third kappa shape index (κ3) is 4.20. The van der Waals surface area contributed by atoms with E-state index in [0.29, 0.717) is 28.0 Å². The number of fused-ring (bicyclic) bond motifs is 1. The molecule has 2 aromatic carbocycles. The Morgan fingerprint density at radius 3 is 2.79 bits per heavy atom. The second-order valence-corrected chi connectivity index (χ2v) is 8.83. The van der Waals surface area contributed by atoms with Crippen LogP contribution in [0.1, 0.15) is 20.9 Å². The van der Waals surface area contributed by atoms with E-state index in [4.69, 9.17) is 16.3 Å².